The lowest BCUT2D eigenvalue weighted by molar-refractivity contribution is -0.118. The summed E-state index contributed by atoms with van der Waals surface area (Å²) in [5.74, 6) is 0.914. The van der Waals surface area contributed by atoms with Crippen molar-refractivity contribution in [3.05, 3.63) is 48.5 Å². The van der Waals surface area contributed by atoms with Crippen molar-refractivity contribution in [2.45, 2.75) is 18.2 Å². The lowest BCUT2D eigenvalue weighted by atomic mass is 10.3. The molecule has 2 rings (SSSR count). The summed E-state index contributed by atoms with van der Waals surface area (Å²) in [4.78, 5) is 12.1. The number of ether oxygens (including phenoxy) is 2. The summed E-state index contributed by atoms with van der Waals surface area (Å²) in [5, 5.41) is 2.61. The van der Waals surface area contributed by atoms with Crippen molar-refractivity contribution in [3.63, 3.8) is 0 Å². The molecule has 0 saturated heterocycles. The van der Waals surface area contributed by atoms with E-state index >= 15 is 0 Å². The predicted octanol–water partition coefficient (Wildman–Crippen LogP) is 2.90. The van der Waals surface area contributed by atoms with Gasteiger partial charge >= 0.3 is 0 Å². The minimum atomic E-state index is -3.32. The smallest absolute Gasteiger partial charge is 0.262 e. The van der Waals surface area contributed by atoms with Crippen molar-refractivity contribution < 1.29 is 22.7 Å². The standard InChI is InChI=1S/C18H21NO5S/c1-3-11-23-15-7-9-16(10-8-15)24-13-18(20)19-14-5-4-6-17(12-14)25(2,21)22/h4-10,12H,3,11,13H2,1-2H3,(H,19,20). The number of carbonyl (C=O) groups is 1. The van der Waals surface area contributed by atoms with E-state index in [1.54, 1.807) is 36.4 Å². The first-order chi connectivity index (χ1) is 11.9. The lowest BCUT2D eigenvalue weighted by Crippen LogP contribution is -2.20. The van der Waals surface area contributed by atoms with Crippen molar-refractivity contribution in [1.29, 1.82) is 0 Å². The number of anilines is 1. The van der Waals surface area contributed by atoms with Gasteiger partial charge in [-0.3, -0.25) is 4.79 Å². The van der Waals surface area contributed by atoms with Crippen molar-refractivity contribution in [2.75, 3.05) is 24.8 Å². The van der Waals surface area contributed by atoms with E-state index in [2.05, 4.69) is 5.32 Å². The molecule has 1 N–H and O–H groups in total. The second-order valence-electron chi connectivity index (χ2n) is 5.46. The first kappa shape index (κ1) is 18.8. The molecule has 0 atom stereocenters. The number of sulfone groups is 1. The molecule has 0 bridgehead atoms. The molecule has 0 heterocycles. The second kappa shape index (κ2) is 8.53. The molecule has 134 valence electrons. The van der Waals surface area contributed by atoms with Gasteiger partial charge in [-0.05, 0) is 48.9 Å². The number of hydrogen-bond donors (Lipinski definition) is 1. The number of benzene rings is 2. The van der Waals surface area contributed by atoms with E-state index in [1.165, 1.54) is 12.1 Å². The van der Waals surface area contributed by atoms with E-state index in [1.807, 2.05) is 6.92 Å². The van der Waals surface area contributed by atoms with Gasteiger partial charge in [-0.15, -0.1) is 0 Å². The van der Waals surface area contributed by atoms with Crippen LogP contribution in [-0.2, 0) is 14.6 Å². The number of amides is 1. The Morgan fingerprint density at radius 3 is 2.28 bits per heavy atom. The Balaban J connectivity index is 1.88. The first-order valence-electron chi connectivity index (χ1n) is 7.84. The van der Waals surface area contributed by atoms with Crippen LogP contribution in [0.4, 0.5) is 5.69 Å². The zero-order valence-electron chi connectivity index (χ0n) is 14.2. The summed E-state index contributed by atoms with van der Waals surface area (Å²) < 4.78 is 33.9. The molecule has 7 heteroatoms. The molecule has 1 amide bonds. The molecule has 0 aromatic heterocycles. The lowest BCUT2D eigenvalue weighted by Gasteiger charge is -2.09. The van der Waals surface area contributed by atoms with Gasteiger partial charge in [0.25, 0.3) is 5.91 Å². The summed E-state index contributed by atoms with van der Waals surface area (Å²) in [6, 6.07) is 13.1. The van der Waals surface area contributed by atoms with Gasteiger partial charge in [0.2, 0.25) is 0 Å². The topological polar surface area (TPSA) is 81.7 Å². The number of nitrogens with one attached hydrogen (secondary N) is 1. The van der Waals surface area contributed by atoms with Gasteiger partial charge in [-0.2, -0.15) is 0 Å². The average Bonchev–Trinajstić information content (AvgIpc) is 2.58. The van der Waals surface area contributed by atoms with Gasteiger partial charge in [0, 0.05) is 11.9 Å². The molecule has 2 aromatic rings. The van der Waals surface area contributed by atoms with Gasteiger partial charge in [0.15, 0.2) is 16.4 Å². The Hall–Kier alpha value is -2.54. The highest BCUT2D eigenvalue weighted by Gasteiger charge is 2.09. The van der Waals surface area contributed by atoms with E-state index in [0.29, 0.717) is 18.0 Å². The van der Waals surface area contributed by atoms with Gasteiger partial charge in [-0.1, -0.05) is 13.0 Å². The van der Waals surface area contributed by atoms with E-state index < -0.39 is 9.84 Å². The monoisotopic (exact) mass is 363 g/mol. The fourth-order valence-electron chi connectivity index (χ4n) is 2.00. The van der Waals surface area contributed by atoms with E-state index in [-0.39, 0.29) is 17.4 Å². The van der Waals surface area contributed by atoms with Crippen molar-refractivity contribution >= 4 is 21.4 Å². The summed E-state index contributed by atoms with van der Waals surface area (Å²) in [6.45, 7) is 2.50. The number of hydrogen-bond acceptors (Lipinski definition) is 5. The average molecular weight is 363 g/mol. The fraction of sp³-hybridized carbons (Fsp3) is 0.278. The maximum atomic E-state index is 11.9. The molecular weight excluding hydrogens is 342 g/mol. The summed E-state index contributed by atoms with van der Waals surface area (Å²) in [6.07, 6.45) is 2.05. The van der Waals surface area contributed by atoms with E-state index in [0.717, 1.165) is 18.4 Å². The van der Waals surface area contributed by atoms with Crippen LogP contribution in [0.15, 0.2) is 53.4 Å². The quantitative estimate of drug-likeness (QED) is 0.780. The zero-order valence-corrected chi connectivity index (χ0v) is 15.0. The van der Waals surface area contributed by atoms with Crippen LogP contribution in [-0.4, -0.2) is 33.8 Å². The third kappa shape index (κ3) is 6.11. The van der Waals surface area contributed by atoms with Crippen molar-refractivity contribution in [2.24, 2.45) is 0 Å². The SMILES string of the molecule is CCCOc1ccc(OCC(=O)Nc2cccc(S(C)(=O)=O)c2)cc1. The maximum absolute atomic E-state index is 11.9. The molecule has 2 aromatic carbocycles. The summed E-state index contributed by atoms with van der Waals surface area (Å²) in [5.41, 5.74) is 0.403. The summed E-state index contributed by atoms with van der Waals surface area (Å²) in [7, 11) is -3.32. The van der Waals surface area contributed by atoms with Crippen LogP contribution < -0.4 is 14.8 Å². The molecule has 0 spiro atoms. The summed E-state index contributed by atoms with van der Waals surface area (Å²) >= 11 is 0. The minimum absolute atomic E-state index is 0.147. The van der Waals surface area contributed by atoms with Crippen LogP contribution in [0.2, 0.25) is 0 Å². The molecule has 0 aliphatic heterocycles. The zero-order chi connectivity index (χ0) is 18.3. The molecule has 6 nitrogen and oxygen atoms in total. The van der Waals surface area contributed by atoms with Crippen LogP contribution in [0.1, 0.15) is 13.3 Å². The highest BCUT2D eigenvalue weighted by atomic mass is 32.2. The Bertz CT molecular complexity index is 816. The van der Waals surface area contributed by atoms with Crippen molar-refractivity contribution in [1.82, 2.24) is 0 Å². The second-order valence-corrected chi connectivity index (χ2v) is 7.47. The highest BCUT2D eigenvalue weighted by Crippen LogP contribution is 2.18. The molecular formula is C18H21NO5S. The van der Waals surface area contributed by atoms with E-state index in [4.69, 9.17) is 9.47 Å². The van der Waals surface area contributed by atoms with Crippen LogP contribution in [0.3, 0.4) is 0 Å². The van der Waals surface area contributed by atoms with Gasteiger partial charge in [-0.25, -0.2) is 8.42 Å². The van der Waals surface area contributed by atoms with Crippen LogP contribution in [0, 0.1) is 0 Å². The minimum Gasteiger partial charge on any atom is -0.494 e. The Kier molecular flexibility index (Phi) is 6.41. The third-order valence-electron chi connectivity index (χ3n) is 3.21. The Morgan fingerprint density at radius 1 is 1.04 bits per heavy atom. The molecule has 0 saturated carbocycles. The molecule has 0 radical (unpaired) electrons. The number of rotatable bonds is 8. The Morgan fingerprint density at radius 2 is 1.68 bits per heavy atom. The van der Waals surface area contributed by atoms with Gasteiger partial charge in [0.1, 0.15) is 11.5 Å². The number of carbonyl (C=O) groups excluding carboxylic acids is 1. The van der Waals surface area contributed by atoms with Crippen molar-refractivity contribution in [3.8, 4) is 11.5 Å². The van der Waals surface area contributed by atoms with Crippen LogP contribution in [0.5, 0.6) is 11.5 Å². The molecule has 0 aliphatic rings. The Labute approximate surface area is 147 Å². The van der Waals surface area contributed by atoms with Crippen LogP contribution in [0.25, 0.3) is 0 Å². The maximum Gasteiger partial charge on any atom is 0.262 e. The fourth-order valence-corrected chi connectivity index (χ4v) is 2.67. The van der Waals surface area contributed by atoms with Gasteiger partial charge < -0.3 is 14.8 Å². The van der Waals surface area contributed by atoms with E-state index in [9.17, 15) is 13.2 Å². The third-order valence-corrected chi connectivity index (χ3v) is 4.32. The molecule has 0 unspecified atom stereocenters. The molecule has 25 heavy (non-hydrogen) atoms. The highest BCUT2D eigenvalue weighted by molar-refractivity contribution is 7.90. The normalized spacial score (nSPS) is 11.0. The van der Waals surface area contributed by atoms with Gasteiger partial charge in [0.05, 0.1) is 11.5 Å². The first-order valence-corrected chi connectivity index (χ1v) is 9.73. The molecule has 0 fully saturated rings. The largest absolute Gasteiger partial charge is 0.494 e. The predicted molar refractivity (Wildman–Crippen MR) is 95.9 cm³/mol. The molecule has 0 aliphatic carbocycles. The van der Waals surface area contributed by atoms with Crippen LogP contribution >= 0.6 is 0 Å².